The molecule has 210 valence electrons. The Bertz CT molecular complexity index is 1780. The zero-order valence-electron chi connectivity index (χ0n) is 22.9. The molecule has 2 spiro atoms. The first-order valence-corrected chi connectivity index (χ1v) is 13.6. The van der Waals surface area contributed by atoms with Gasteiger partial charge in [-0.25, -0.2) is 0 Å². The Labute approximate surface area is 241 Å². The van der Waals surface area contributed by atoms with Gasteiger partial charge in [-0.05, 0) is 41.3 Å². The molecule has 1 aliphatic carbocycles. The molecule has 0 aromatic heterocycles. The zero-order valence-corrected chi connectivity index (χ0v) is 22.9. The number of methoxy groups -OCH3 is 2. The summed E-state index contributed by atoms with van der Waals surface area (Å²) >= 11 is 0. The van der Waals surface area contributed by atoms with Crippen molar-refractivity contribution in [2.45, 2.75) is 23.9 Å². The second-order valence-corrected chi connectivity index (χ2v) is 11.0. The van der Waals surface area contributed by atoms with Gasteiger partial charge >= 0.3 is 0 Å². The third kappa shape index (κ3) is 3.28. The summed E-state index contributed by atoms with van der Waals surface area (Å²) in [6.07, 6.45) is 0.201. The largest absolute Gasteiger partial charge is 0.493 e. The molecule has 7 rings (SSSR count). The summed E-state index contributed by atoms with van der Waals surface area (Å²) in [6, 6.07) is 26.7. The molecule has 0 bridgehead atoms. The number of anilines is 1. The fraction of sp³-hybridized carbons (Fsp3) is 0.212. The molecule has 1 fully saturated rings. The molecule has 3 aliphatic rings. The topological polar surface area (TPSA) is 120 Å². The number of carbonyl (C=O) groups is 2. The quantitative estimate of drug-likeness (QED) is 0.250. The Morgan fingerprint density at radius 2 is 1.50 bits per heavy atom. The van der Waals surface area contributed by atoms with Crippen molar-refractivity contribution in [3.8, 4) is 11.5 Å². The zero-order chi connectivity index (χ0) is 29.2. The maximum absolute atomic E-state index is 15.1. The van der Waals surface area contributed by atoms with Gasteiger partial charge in [0, 0.05) is 40.9 Å². The number of hydrogen-bond donors (Lipinski definition) is 2. The predicted molar refractivity (Wildman–Crippen MR) is 155 cm³/mol. The van der Waals surface area contributed by atoms with Gasteiger partial charge in [0.05, 0.1) is 24.6 Å². The molecular formula is C33H27N3O6. The number of nitro groups is 1. The average molecular weight is 562 g/mol. The molecule has 9 nitrogen and oxygen atoms in total. The fourth-order valence-corrected chi connectivity index (χ4v) is 7.48. The Morgan fingerprint density at radius 1 is 0.857 bits per heavy atom. The van der Waals surface area contributed by atoms with Crippen LogP contribution in [0.2, 0.25) is 0 Å². The van der Waals surface area contributed by atoms with Crippen molar-refractivity contribution in [1.82, 2.24) is 5.32 Å². The Morgan fingerprint density at radius 3 is 2.14 bits per heavy atom. The van der Waals surface area contributed by atoms with Crippen molar-refractivity contribution in [2.24, 2.45) is 5.41 Å². The van der Waals surface area contributed by atoms with E-state index >= 15 is 4.79 Å². The van der Waals surface area contributed by atoms with E-state index in [0.717, 1.165) is 16.7 Å². The normalized spacial score (nSPS) is 25.4. The highest BCUT2D eigenvalue weighted by atomic mass is 16.6. The smallest absolute Gasteiger partial charge is 0.269 e. The number of ketones is 1. The first-order chi connectivity index (χ1) is 20.4. The lowest BCUT2D eigenvalue weighted by atomic mass is 9.58. The molecule has 4 unspecified atom stereocenters. The lowest BCUT2D eigenvalue weighted by Crippen LogP contribution is -2.57. The van der Waals surface area contributed by atoms with Crippen LogP contribution in [-0.2, 0) is 16.8 Å². The van der Waals surface area contributed by atoms with E-state index in [1.165, 1.54) is 26.4 Å². The molecule has 2 aliphatic heterocycles. The molecule has 1 saturated heterocycles. The molecule has 2 N–H and O–H groups in total. The van der Waals surface area contributed by atoms with Crippen molar-refractivity contribution in [1.29, 1.82) is 0 Å². The van der Waals surface area contributed by atoms with Crippen molar-refractivity contribution in [2.75, 3.05) is 19.5 Å². The van der Waals surface area contributed by atoms with Gasteiger partial charge in [-0.15, -0.1) is 0 Å². The van der Waals surface area contributed by atoms with Gasteiger partial charge in [0.2, 0.25) is 0 Å². The van der Waals surface area contributed by atoms with Gasteiger partial charge in [-0.2, -0.15) is 0 Å². The number of nitro benzene ring substituents is 1. The minimum atomic E-state index is -1.62. The molecule has 1 amide bonds. The maximum atomic E-state index is 15.1. The van der Waals surface area contributed by atoms with Crippen LogP contribution in [0, 0.1) is 15.5 Å². The van der Waals surface area contributed by atoms with Crippen LogP contribution in [0.5, 0.6) is 11.5 Å². The first kappa shape index (κ1) is 25.9. The SMILES string of the molecule is COc1cc2c(cc1OC)C(=O)C1(C2)C(c2ccccc2)C(c2ccccc2)NC12C(=O)Nc1ccc([N+](=O)[O-])cc12. The molecule has 4 aromatic rings. The van der Waals surface area contributed by atoms with Crippen LogP contribution in [0.1, 0.15) is 44.6 Å². The van der Waals surface area contributed by atoms with E-state index in [2.05, 4.69) is 10.6 Å². The van der Waals surface area contributed by atoms with Gasteiger partial charge in [0.15, 0.2) is 17.3 Å². The van der Waals surface area contributed by atoms with Crippen LogP contribution in [-0.4, -0.2) is 30.8 Å². The highest BCUT2D eigenvalue weighted by Gasteiger charge is 2.75. The summed E-state index contributed by atoms with van der Waals surface area (Å²) in [5.41, 5.74) is 0.599. The molecule has 9 heteroatoms. The third-order valence-electron chi connectivity index (χ3n) is 9.16. The van der Waals surface area contributed by atoms with Crippen LogP contribution in [0.3, 0.4) is 0 Å². The summed E-state index contributed by atoms with van der Waals surface area (Å²) in [4.78, 5) is 41.0. The molecule has 4 atom stereocenters. The highest BCUT2D eigenvalue weighted by molar-refractivity contribution is 6.16. The number of benzene rings is 4. The first-order valence-electron chi connectivity index (χ1n) is 13.6. The standard InChI is InChI=1S/C33H27N3O6/c1-41-26-15-21-18-32(30(37)23(21)17-27(26)42-2)28(19-9-5-3-6-10-19)29(20-11-7-4-8-12-20)35-33(32)24-16-22(36(39)40)13-14-25(24)34-31(33)38/h3-17,28-29,35H,18H2,1-2H3,(H,34,38). The number of non-ortho nitro benzene ring substituents is 1. The lowest BCUT2D eigenvalue weighted by molar-refractivity contribution is -0.384. The van der Waals surface area contributed by atoms with Crippen LogP contribution in [0.25, 0.3) is 0 Å². The molecule has 4 aromatic carbocycles. The number of nitrogens with zero attached hydrogens (tertiary/aromatic N) is 1. The Hall–Kier alpha value is -5.02. The van der Waals surface area contributed by atoms with Gasteiger partial charge in [-0.1, -0.05) is 60.7 Å². The number of nitrogens with one attached hydrogen (secondary N) is 2. The van der Waals surface area contributed by atoms with Crippen LogP contribution >= 0.6 is 0 Å². The van der Waals surface area contributed by atoms with E-state index in [0.29, 0.717) is 28.3 Å². The summed E-state index contributed by atoms with van der Waals surface area (Å²) < 4.78 is 11.1. The second kappa shape index (κ2) is 9.25. The third-order valence-corrected chi connectivity index (χ3v) is 9.16. The Kier molecular flexibility index (Phi) is 5.71. The number of fused-ring (bicyclic) bond motifs is 4. The highest BCUT2D eigenvalue weighted by Crippen LogP contribution is 2.68. The van der Waals surface area contributed by atoms with Crippen LogP contribution in [0.15, 0.2) is 91.0 Å². The molecule has 0 radical (unpaired) electrons. The van der Waals surface area contributed by atoms with Gasteiger partial charge in [-0.3, -0.25) is 25.0 Å². The van der Waals surface area contributed by atoms with Crippen molar-refractivity contribution in [3.63, 3.8) is 0 Å². The van der Waals surface area contributed by atoms with E-state index in [1.807, 2.05) is 60.7 Å². The Balaban J connectivity index is 1.58. The fourth-order valence-electron chi connectivity index (χ4n) is 7.48. The summed E-state index contributed by atoms with van der Waals surface area (Å²) in [5.74, 6) is -0.285. The van der Waals surface area contributed by atoms with E-state index in [-0.39, 0.29) is 17.9 Å². The van der Waals surface area contributed by atoms with Gasteiger partial charge in [0.1, 0.15) is 5.54 Å². The molecule has 0 saturated carbocycles. The van der Waals surface area contributed by atoms with E-state index < -0.39 is 33.7 Å². The number of rotatable bonds is 5. The number of carbonyl (C=O) groups excluding carboxylic acids is 2. The van der Waals surface area contributed by atoms with Gasteiger partial charge < -0.3 is 14.8 Å². The molecule has 42 heavy (non-hydrogen) atoms. The minimum Gasteiger partial charge on any atom is -0.493 e. The second-order valence-electron chi connectivity index (χ2n) is 11.0. The monoisotopic (exact) mass is 561 g/mol. The molecular weight excluding hydrogens is 534 g/mol. The van der Waals surface area contributed by atoms with Crippen LogP contribution in [0.4, 0.5) is 11.4 Å². The van der Waals surface area contributed by atoms with Crippen LogP contribution < -0.4 is 20.1 Å². The number of Topliss-reactive ketones (excluding diaryl/α,β-unsaturated/α-hetero) is 1. The average Bonchev–Trinajstić information content (AvgIpc) is 3.60. The van der Waals surface area contributed by atoms with Crippen molar-refractivity contribution in [3.05, 3.63) is 129 Å². The summed E-state index contributed by atoms with van der Waals surface area (Å²) in [5, 5.41) is 18.5. The number of hydrogen-bond acceptors (Lipinski definition) is 7. The van der Waals surface area contributed by atoms with Crippen molar-refractivity contribution < 1.29 is 24.0 Å². The number of amides is 1. The summed E-state index contributed by atoms with van der Waals surface area (Å²) in [6.45, 7) is 0. The maximum Gasteiger partial charge on any atom is 0.269 e. The lowest BCUT2D eigenvalue weighted by Gasteiger charge is -2.41. The van der Waals surface area contributed by atoms with E-state index in [9.17, 15) is 14.9 Å². The van der Waals surface area contributed by atoms with Crippen molar-refractivity contribution >= 4 is 23.1 Å². The van der Waals surface area contributed by atoms with E-state index in [1.54, 1.807) is 18.2 Å². The molecule has 2 heterocycles. The predicted octanol–water partition coefficient (Wildman–Crippen LogP) is 5.31. The van der Waals surface area contributed by atoms with E-state index in [4.69, 9.17) is 9.47 Å². The number of ether oxygens (including phenoxy) is 2. The summed E-state index contributed by atoms with van der Waals surface area (Å²) in [7, 11) is 3.05. The van der Waals surface area contributed by atoms with Gasteiger partial charge in [0.25, 0.3) is 11.6 Å². The minimum absolute atomic E-state index is 0.160.